The first-order valence-corrected chi connectivity index (χ1v) is 4.58. The van der Waals surface area contributed by atoms with Gasteiger partial charge >= 0.3 is 0 Å². The highest BCUT2D eigenvalue weighted by molar-refractivity contribution is 8.00. The van der Waals surface area contributed by atoms with E-state index in [1.54, 1.807) is 0 Å². The Bertz CT molecular complexity index is 154. The first-order valence-electron chi connectivity index (χ1n) is 3.64. The Kier molecular flexibility index (Phi) is 3.33. The van der Waals surface area contributed by atoms with Gasteiger partial charge in [0.15, 0.2) is 0 Å². The summed E-state index contributed by atoms with van der Waals surface area (Å²) in [7, 11) is 0. The van der Waals surface area contributed by atoms with Crippen molar-refractivity contribution >= 4 is 11.8 Å². The fourth-order valence-electron chi connectivity index (χ4n) is 1.12. The summed E-state index contributed by atoms with van der Waals surface area (Å²) in [4.78, 5) is 0. The predicted octanol–water partition coefficient (Wildman–Crippen LogP) is -2.54. The minimum Gasteiger partial charge on any atom is -0.395 e. The lowest BCUT2D eigenvalue weighted by Crippen LogP contribution is -2.57. The maximum Gasteiger partial charge on any atom is 0.117 e. The van der Waals surface area contributed by atoms with Crippen molar-refractivity contribution in [2.75, 3.05) is 6.61 Å². The van der Waals surface area contributed by atoms with Crippen molar-refractivity contribution in [3.63, 3.8) is 0 Å². The second-order valence-electron chi connectivity index (χ2n) is 2.81. The van der Waals surface area contributed by atoms with E-state index in [-0.39, 0.29) is 6.61 Å². The quantitative estimate of drug-likeness (QED) is 0.316. The molecule has 6 N–H and O–H groups in total. The molecule has 1 fully saturated rings. The van der Waals surface area contributed by atoms with Gasteiger partial charge in [-0.2, -0.15) is 0 Å². The van der Waals surface area contributed by atoms with E-state index < -0.39 is 28.9 Å². The molecule has 1 aliphatic rings. The molecule has 0 radical (unpaired) electrons. The van der Waals surface area contributed by atoms with E-state index in [1.807, 2.05) is 0 Å². The van der Waals surface area contributed by atoms with Crippen LogP contribution in [0.1, 0.15) is 0 Å². The summed E-state index contributed by atoms with van der Waals surface area (Å²) in [6, 6.07) is -0.854. The molecule has 12 heavy (non-hydrogen) atoms. The van der Waals surface area contributed by atoms with Crippen molar-refractivity contribution < 1.29 is 20.4 Å². The summed E-state index contributed by atoms with van der Waals surface area (Å²) in [6.07, 6.45) is -2.24. The van der Waals surface area contributed by atoms with Gasteiger partial charge in [-0.3, -0.25) is 0 Å². The van der Waals surface area contributed by atoms with Crippen molar-refractivity contribution in [3.05, 3.63) is 0 Å². The van der Waals surface area contributed by atoms with Gasteiger partial charge < -0.3 is 26.2 Å². The fourth-order valence-corrected chi connectivity index (χ4v) is 2.23. The van der Waals surface area contributed by atoms with Crippen LogP contribution in [0, 0.1) is 0 Å². The Morgan fingerprint density at radius 3 is 2.25 bits per heavy atom. The Morgan fingerprint density at radius 1 is 1.17 bits per heavy atom. The number of thioether (sulfide) groups is 1. The van der Waals surface area contributed by atoms with Crippen LogP contribution in [0.4, 0.5) is 0 Å². The molecule has 0 aromatic rings. The highest BCUT2D eigenvalue weighted by Crippen LogP contribution is 2.29. The van der Waals surface area contributed by atoms with Crippen LogP contribution in [-0.4, -0.2) is 56.0 Å². The number of rotatable bonds is 1. The molecule has 5 atom stereocenters. The van der Waals surface area contributed by atoms with E-state index in [0.717, 1.165) is 11.8 Å². The number of aliphatic hydroxyl groups is 4. The molecule has 6 heteroatoms. The van der Waals surface area contributed by atoms with Crippen LogP contribution in [0.3, 0.4) is 0 Å². The van der Waals surface area contributed by atoms with Gasteiger partial charge in [0.2, 0.25) is 0 Å². The molecule has 72 valence electrons. The van der Waals surface area contributed by atoms with Crippen LogP contribution in [0.15, 0.2) is 0 Å². The van der Waals surface area contributed by atoms with Gasteiger partial charge in [0, 0.05) is 0 Å². The summed E-state index contributed by atoms with van der Waals surface area (Å²) >= 11 is 0.977. The van der Waals surface area contributed by atoms with E-state index in [9.17, 15) is 15.3 Å². The summed E-state index contributed by atoms with van der Waals surface area (Å²) in [6.45, 7) is -0.285. The molecule has 0 aromatic heterocycles. The number of aliphatic hydroxyl groups excluding tert-OH is 4. The van der Waals surface area contributed by atoms with Crippen LogP contribution in [0.5, 0.6) is 0 Å². The van der Waals surface area contributed by atoms with Crippen LogP contribution in [0.2, 0.25) is 0 Å². The molecular weight excluding hydrogens is 182 g/mol. The first-order chi connectivity index (χ1) is 5.57. The third-order valence-corrected chi connectivity index (χ3v) is 3.32. The summed E-state index contributed by atoms with van der Waals surface area (Å²) < 4.78 is 0. The summed E-state index contributed by atoms with van der Waals surface area (Å²) in [5.41, 5.74) is 4.44. The Balaban J connectivity index is 2.63. The zero-order valence-electron chi connectivity index (χ0n) is 6.37. The van der Waals surface area contributed by atoms with Gasteiger partial charge in [-0.1, -0.05) is 0 Å². The van der Waals surface area contributed by atoms with Crippen molar-refractivity contribution in [3.8, 4) is 0 Å². The third-order valence-electron chi connectivity index (χ3n) is 1.95. The van der Waals surface area contributed by atoms with E-state index in [1.165, 1.54) is 0 Å². The Hall–Kier alpha value is 0.150. The van der Waals surface area contributed by atoms with Gasteiger partial charge in [-0.15, -0.1) is 11.8 Å². The molecule has 5 nitrogen and oxygen atoms in total. The Labute approximate surface area is 74.2 Å². The van der Waals surface area contributed by atoms with Gasteiger partial charge in [0.05, 0.1) is 30.1 Å². The fraction of sp³-hybridized carbons (Fsp3) is 1.00. The molecule has 1 heterocycles. The molecule has 0 aromatic carbocycles. The van der Waals surface area contributed by atoms with Crippen LogP contribution in [-0.2, 0) is 0 Å². The van der Waals surface area contributed by atoms with Gasteiger partial charge in [0.1, 0.15) is 5.44 Å². The summed E-state index contributed by atoms with van der Waals surface area (Å²) in [5.74, 6) is 0. The molecule has 1 rings (SSSR count). The third kappa shape index (κ3) is 1.73. The lowest BCUT2D eigenvalue weighted by Gasteiger charge is -2.37. The topological polar surface area (TPSA) is 107 Å². The number of nitrogens with two attached hydrogens (primary N) is 1. The number of hydrogen-bond donors (Lipinski definition) is 5. The largest absolute Gasteiger partial charge is 0.395 e. The Morgan fingerprint density at radius 2 is 1.75 bits per heavy atom. The van der Waals surface area contributed by atoms with Crippen molar-refractivity contribution in [2.45, 2.75) is 28.9 Å². The van der Waals surface area contributed by atoms with E-state index in [0.29, 0.717) is 0 Å². The molecule has 0 amide bonds. The zero-order valence-corrected chi connectivity index (χ0v) is 7.18. The predicted molar refractivity (Wildman–Crippen MR) is 44.5 cm³/mol. The minimum atomic E-state index is -1.17. The van der Waals surface area contributed by atoms with E-state index in [2.05, 4.69) is 0 Å². The smallest absolute Gasteiger partial charge is 0.117 e. The van der Waals surface area contributed by atoms with Gasteiger partial charge in [-0.05, 0) is 0 Å². The van der Waals surface area contributed by atoms with Crippen LogP contribution in [0.25, 0.3) is 0 Å². The summed E-state index contributed by atoms with van der Waals surface area (Å²) in [5, 5.41) is 36.0. The molecule has 0 spiro atoms. The van der Waals surface area contributed by atoms with E-state index >= 15 is 0 Å². The van der Waals surface area contributed by atoms with Gasteiger partial charge in [-0.25, -0.2) is 0 Å². The maximum atomic E-state index is 9.30. The lowest BCUT2D eigenvalue weighted by molar-refractivity contribution is -0.0279. The number of hydrogen-bond acceptors (Lipinski definition) is 6. The molecule has 0 saturated carbocycles. The maximum absolute atomic E-state index is 9.30. The molecule has 1 unspecified atom stereocenters. The SMILES string of the molecule is N[C@H]1C(O)S[C@@H](CO)[C@H](O)[C@H]1O. The normalized spacial score (nSPS) is 49.2. The molecule has 0 bridgehead atoms. The van der Waals surface area contributed by atoms with Crippen LogP contribution >= 0.6 is 11.8 Å². The average Bonchev–Trinajstić information content (AvgIpc) is 2.08. The van der Waals surface area contributed by atoms with Crippen LogP contribution < -0.4 is 5.73 Å². The highest BCUT2D eigenvalue weighted by atomic mass is 32.2. The lowest BCUT2D eigenvalue weighted by atomic mass is 10.0. The van der Waals surface area contributed by atoms with Gasteiger partial charge in [0.25, 0.3) is 0 Å². The minimum absolute atomic E-state index is 0.285. The second kappa shape index (κ2) is 3.91. The van der Waals surface area contributed by atoms with Crippen molar-refractivity contribution in [2.24, 2.45) is 5.73 Å². The highest BCUT2D eigenvalue weighted by Gasteiger charge is 2.41. The van der Waals surface area contributed by atoms with Crippen molar-refractivity contribution in [1.29, 1.82) is 0 Å². The first kappa shape index (κ1) is 10.2. The standard InChI is InChI=1S/C6H13NO4S/c7-3-5(10)4(9)2(1-8)12-6(3)11/h2-6,8-11H,1,7H2/t2-,3+,4-,5-,6?/m0/s1. The molecule has 1 saturated heterocycles. The molecule has 1 aliphatic heterocycles. The average molecular weight is 195 g/mol. The van der Waals surface area contributed by atoms with E-state index in [4.69, 9.17) is 10.8 Å². The second-order valence-corrected chi connectivity index (χ2v) is 4.17. The molecular formula is C6H13NO4S. The monoisotopic (exact) mass is 195 g/mol. The zero-order chi connectivity index (χ0) is 9.30. The molecule has 0 aliphatic carbocycles. The van der Waals surface area contributed by atoms with Crippen molar-refractivity contribution in [1.82, 2.24) is 0 Å².